The minimum Gasteiger partial charge on any atom is -0.325 e. The van der Waals surface area contributed by atoms with Crippen molar-refractivity contribution in [2.75, 3.05) is 0 Å². The van der Waals surface area contributed by atoms with Crippen LogP contribution in [0.25, 0.3) is 0 Å². The minimum absolute atomic E-state index is 0.0114. The zero-order valence-corrected chi connectivity index (χ0v) is 13.7. The van der Waals surface area contributed by atoms with Gasteiger partial charge in [-0.15, -0.1) is 0 Å². The van der Waals surface area contributed by atoms with Crippen molar-refractivity contribution in [3.05, 3.63) is 0 Å². The standard InChI is InChI=1S/C17H35N/c1-8-11(2)10-17(7,18)16-9-12(3)13(4)14(5)15(16)6/h11-16H,8-10,18H2,1-7H3. The van der Waals surface area contributed by atoms with Crippen LogP contribution < -0.4 is 5.73 Å². The molecule has 0 aromatic carbocycles. The van der Waals surface area contributed by atoms with E-state index in [1.54, 1.807) is 0 Å². The molecule has 0 spiro atoms. The molecule has 1 fully saturated rings. The van der Waals surface area contributed by atoms with Crippen LogP contribution in [0, 0.1) is 35.5 Å². The molecular weight excluding hydrogens is 218 g/mol. The first-order valence-corrected chi connectivity index (χ1v) is 7.99. The number of hydrogen-bond donors (Lipinski definition) is 1. The summed E-state index contributed by atoms with van der Waals surface area (Å²) in [6.07, 6.45) is 3.73. The van der Waals surface area contributed by atoms with Gasteiger partial charge < -0.3 is 5.73 Å². The van der Waals surface area contributed by atoms with Gasteiger partial charge >= 0.3 is 0 Å². The fourth-order valence-electron chi connectivity index (χ4n) is 4.11. The molecular formula is C17H35N. The molecule has 108 valence electrons. The summed E-state index contributed by atoms with van der Waals surface area (Å²) < 4.78 is 0. The third kappa shape index (κ3) is 3.29. The average Bonchev–Trinajstić information content (AvgIpc) is 2.30. The molecule has 1 aliphatic carbocycles. The Morgan fingerprint density at radius 1 is 1.11 bits per heavy atom. The highest BCUT2D eigenvalue weighted by Gasteiger charge is 2.43. The van der Waals surface area contributed by atoms with Crippen LogP contribution in [0.4, 0.5) is 0 Å². The number of rotatable bonds is 4. The van der Waals surface area contributed by atoms with E-state index in [0.717, 1.165) is 29.6 Å². The zero-order chi connectivity index (χ0) is 14.1. The van der Waals surface area contributed by atoms with E-state index in [4.69, 9.17) is 5.73 Å². The zero-order valence-electron chi connectivity index (χ0n) is 13.7. The summed E-state index contributed by atoms with van der Waals surface area (Å²) in [5, 5.41) is 0. The summed E-state index contributed by atoms with van der Waals surface area (Å²) in [6.45, 7) is 16.6. The summed E-state index contributed by atoms with van der Waals surface area (Å²) >= 11 is 0. The summed E-state index contributed by atoms with van der Waals surface area (Å²) in [4.78, 5) is 0. The third-order valence-corrected chi connectivity index (χ3v) is 6.15. The lowest BCUT2D eigenvalue weighted by molar-refractivity contribution is 0.0260. The Balaban J connectivity index is 2.80. The predicted molar refractivity (Wildman–Crippen MR) is 81.4 cm³/mol. The second kappa shape index (κ2) is 5.94. The topological polar surface area (TPSA) is 26.0 Å². The lowest BCUT2D eigenvalue weighted by atomic mass is 9.58. The first-order valence-electron chi connectivity index (χ1n) is 7.99. The summed E-state index contributed by atoms with van der Waals surface area (Å²) in [7, 11) is 0. The Labute approximate surface area is 115 Å². The van der Waals surface area contributed by atoms with Crippen molar-refractivity contribution in [3.63, 3.8) is 0 Å². The first kappa shape index (κ1) is 16.0. The molecule has 0 aromatic heterocycles. The van der Waals surface area contributed by atoms with Crippen molar-refractivity contribution in [2.45, 2.75) is 73.3 Å². The van der Waals surface area contributed by atoms with Gasteiger partial charge in [0, 0.05) is 5.54 Å². The molecule has 1 rings (SSSR count). The Bertz CT molecular complexity index is 258. The lowest BCUT2D eigenvalue weighted by Gasteiger charge is -2.49. The van der Waals surface area contributed by atoms with Gasteiger partial charge in [-0.1, -0.05) is 48.0 Å². The van der Waals surface area contributed by atoms with Gasteiger partial charge in [0.2, 0.25) is 0 Å². The molecule has 0 saturated heterocycles. The molecule has 0 heterocycles. The van der Waals surface area contributed by atoms with Crippen molar-refractivity contribution in [1.29, 1.82) is 0 Å². The third-order valence-electron chi connectivity index (χ3n) is 6.15. The maximum Gasteiger partial charge on any atom is 0.0159 e. The molecule has 0 amide bonds. The van der Waals surface area contributed by atoms with Crippen LogP contribution in [0.1, 0.15) is 67.7 Å². The van der Waals surface area contributed by atoms with E-state index in [1.807, 2.05) is 0 Å². The van der Waals surface area contributed by atoms with Crippen molar-refractivity contribution < 1.29 is 0 Å². The normalized spacial score (nSPS) is 42.3. The molecule has 1 aliphatic rings. The van der Waals surface area contributed by atoms with E-state index < -0.39 is 0 Å². The van der Waals surface area contributed by atoms with Gasteiger partial charge in [-0.3, -0.25) is 0 Å². The van der Waals surface area contributed by atoms with Crippen molar-refractivity contribution in [2.24, 2.45) is 41.2 Å². The second-order valence-electron chi connectivity index (χ2n) is 7.62. The highest BCUT2D eigenvalue weighted by Crippen LogP contribution is 2.46. The Morgan fingerprint density at radius 3 is 2.17 bits per heavy atom. The summed E-state index contributed by atoms with van der Waals surface area (Å²) in [5.74, 6) is 4.66. The smallest absolute Gasteiger partial charge is 0.0159 e. The van der Waals surface area contributed by atoms with Crippen LogP contribution in [-0.2, 0) is 0 Å². The molecule has 18 heavy (non-hydrogen) atoms. The van der Waals surface area contributed by atoms with Crippen molar-refractivity contribution in [1.82, 2.24) is 0 Å². The van der Waals surface area contributed by atoms with Gasteiger partial charge in [-0.05, 0) is 55.3 Å². The van der Waals surface area contributed by atoms with Crippen LogP contribution in [-0.4, -0.2) is 5.54 Å². The predicted octanol–water partition coefficient (Wildman–Crippen LogP) is 4.70. The Kier molecular flexibility index (Phi) is 5.29. The highest BCUT2D eigenvalue weighted by molar-refractivity contribution is 4.97. The van der Waals surface area contributed by atoms with E-state index >= 15 is 0 Å². The Hall–Kier alpha value is -0.0400. The monoisotopic (exact) mass is 253 g/mol. The highest BCUT2D eigenvalue weighted by atomic mass is 14.8. The first-order chi connectivity index (χ1) is 8.20. The van der Waals surface area contributed by atoms with Crippen molar-refractivity contribution >= 4 is 0 Å². The van der Waals surface area contributed by atoms with E-state index in [1.165, 1.54) is 19.3 Å². The maximum absolute atomic E-state index is 6.73. The van der Waals surface area contributed by atoms with E-state index in [2.05, 4.69) is 48.5 Å². The van der Waals surface area contributed by atoms with Crippen LogP contribution in [0.5, 0.6) is 0 Å². The molecule has 2 N–H and O–H groups in total. The van der Waals surface area contributed by atoms with Crippen LogP contribution in [0.15, 0.2) is 0 Å². The maximum atomic E-state index is 6.73. The average molecular weight is 253 g/mol. The van der Waals surface area contributed by atoms with Gasteiger partial charge in [-0.2, -0.15) is 0 Å². The van der Waals surface area contributed by atoms with Crippen molar-refractivity contribution in [3.8, 4) is 0 Å². The van der Waals surface area contributed by atoms with Gasteiger partial charge in [0.15, 0.2) is 0 Å². The second-order valence-corrected chi connectivity index (χ2v) is 7.62. The van der Waals surface area contributed by atoms with E-state index in [9.17, 15) is 0 Å². The number of nitrogens with two attached hydrogens (primary N) is 1. The fourth-order valence-corrected chi connectivity index (χ4v) is 4.11. The molecule has 0 aliphatic heterocycles. The molecule has 1 heteroatoms. The van der Waals surface area contributed by atoms with Gasteiger partial charge in [0.1, 0.15) is 0 Å². The molecule has 7 atom stereocenters. The van der Waals surface area contributed by atoms with E-state index in [0.29, 0.717) is 5.92 Å². The largest absolute Gasteiger partial charge is 0.325 e. The van der Waals surface area contributed by atoms with Gasteiger partial charge in [0.05, 0.1) is 0 Å². The molecule has 7 unspecified atom stereocenters. The summed E-state index contributed by atoms with van der Waals surface area (Å²) in [5.41, 5.74) is 6.74. The van der Waals surface area contributed by atoms with Gasteiger partial charge in [-0.25, -0.2) is 0 Å². The van der Waals surface area contributed by atoms with Gasteiger partial charge in [0.25, 0.3) is 0 Å². The quantitative estimate of drug-likeness (QED) is 0.772. The fraction of sp³-hybridized carbons (Fsp3) is 1.00. The number of hydrogen-bond acceptors (Lipinski definition) is 1. The molecule has 1 saturated carbocycles. The van der Waals surface area contributed by atoms with E-state index in [-0.39, 0.29) is 5.54 Å². The molecule has 0 bridgehead atoms. The van der Waals surface area contributed by atoms with Crippen LogP contribution in [0.2, 0.25) is 0 Å². The SMILES string of the molecule is CCC(C)CC(C)(N)C1CC(C)C(C)C(C)C1C. The van der Waals surface area contributed by atoms with Crippen LogP contribution in [0.3, 0.4) is 0 Å². The minimum atomic E-state index is 0.0114. The molecule has 1 nitrogen and oxygen atoms in total. The lowest BCUT2D eigenvalue weighted by Crippen LogP contribution is -2.52. The van der Waals surface area contributed by atoms with Crippen LogP contribution >= 0.6 is 0 Å². The molecule has 0 aromatic rings. The molecule has 0 radical (unpaired) electrons. The Morgan fingerprint density at radius 2 is 1.67 bits per heavy atom. The summed E-state index contributed by atoms with van der Waals surface area (Å²) in [6, 6.07) is 0.